The van der Waals surface area contributed by atoms with Crippen molar-refractivity contribution in [3.8, 4) is 11.6 Å². The van der Waals surface area contributed by atoms with Crippen LogP contribution in [0.2, 0.25) is 0 Å². The molecule has 0 fully saturated rings. The Hall–Kier alpha value is -2.37. The lowest BCUT2D eigenvalue weighted by atomic mass is 9.95. The van der Waals surface area contributed by atoms with Crippen LogP contribution in [-0.4, -0.2) is 20.6 Å². The largest absolute Gasteiger partial charge is 0.435 e. The Morgan fingerprint density at radius 3 is 2.95 bits per heavy atom. The van der Waals surface area contributed by atoms with Crippen LogP contribution in [0.25, 0.3) is 0 Å². The molecule has 6 nitrogen and oxygen atoms in total. The monoisotopic (exact) mass is 285 g/mol. The van der Waals surface area contributed by atoms with Crippen LogP contribution >= 0.6 is 0 Å². The van der Waals surface area contributed by atoms with Gasteiger partial charge in [0.25, 0.3) is 0 Å². The molecule has 1 aliphatic carbocycles. The van der Waals surface area contributed by atoms with Crippen molar-refractivity contribution in [1.29, 1.82) is 5.41 Å². The van der Waals surface area contributed by atoms with Crippen molar-refractivity contribution >= 4 is 5.84 Å². The molecule has 0 spiro atoms. The van der Waals surface area contributed by atoms with Gasteiger partial charge in [0, 0.05) is 12.2 Å². The molecule has 0 saturated heterocycles. The smallest absolute Gasteiger partial charge is 0.230 e. The summed E-state index contributed by atoms with van der Waals surface area (Å²) in [4.78, 5) is 4.58. The standard InChI is InChI=1S/C15H19N5O/c1-2-20-9-11(8-18-20)21-15-12(14(16)17)7-10-5-3-4-6-13(10)19-15/h7-9H,2-6H2,1H3,(H3,16,17). The maximum atomic E-state index is 7.74. The molecule has 0 unspecified atom stereocenters. The number of hydrogen-bond donors (Lipinski definition) is 2. The summed E-state index contributed by atoms with van der Waals surface area (Å²) in [6.45, 7) is 2.79. The van der Waals surface area contributed by atoms with Crippen LogP contribution in [0, 0.1) is 5.41 Å². The SMILES string of the molecule is CCn1cc(Oc2nc3c(cc2C(=N)N)CCCC3)cn1. The van der Waals surface area contributed by atoms with Crippen molar-refractivity contribution in [2.75, 3.05) is 0 Å². The number of pyridine rings is 1. The molecule has 0 amide bonds. The Balaban J connectivity index is 1.97. The van der Waals surface area contributed by atoms with Gasteiger partial charge in [0.2, 0.25) is 5.88 Å². The number of fused-ring (bicyclic) bond motifs is 1. The van der Waals surface area contributed by atoms with Gasteiger partial charge in [0.05, 0.1) is 18.0 Å². The number of nitrogens with two attached hydrogens (primary N) is 1. The number of nitrogens with zero attached hydrogens (tertiary/aromatic N) is 3. The fraction of sp³-hybridized carbons (Fsp3) is 0.400. The van der Waals surface area contributed by atoms with Crippen LogP contribution in [0.3, 0.4) is 0 Å². The van der Waals surface area contributed by atoms with Gasteiger partial charge in [0.1, 0.15) is 5.84 Å². The average molecular weight is 285 g/mol. The molecule has 3 N–H and O–H groups in total. The molecule has 2 heterocycles. The van der Waals surface area contributed by atoms with E-state index >= 15 is 0 Å². The first-order valence-electron chi connectivity index (χ1n) is 7.25. The predicted octanol–water partition coefficient (Wildman–Crippen LogP) is 2.25. The zero-order chi connectivity index (χ0) is 14.8. The molecule has 0 bridgehead atoms. The maximum absolute atomic E-state index is 7.74. The lowest BCUT2D eigenvalue weighted by Gasteiger charge is -2.18. The molecular formula is C15H19N5O. The van der Waals surface area contributed by atoms with E-state index in [2.05, 4.69) is 10.1 Å². The Labute approximate surface area is 123 Å². The van der Waals surface area contributed by atoms with Gasteiger partial charge in [-0.2, -0.15) is 5.10 Å². The van der Waals surface area contributed by atoms with Crippen molar-refractivity contribution in [2.24, 2.45) is 5.73 Å². The summed E-state index contributed by atoms with van der Waals surface area (Å²) in [5.74, 6) is 0.996. The van der Waals surface area contributed by atoms with Crippen LogP contribution < -0.4 is 10.5 Å². The van der Waals surface area contributed by atoms with E-state index in [1.165, 1.54) is 5.56 Å². The van der Waals surface area contributed by atoms with E-state index in [1.54, 1.807) is 10.9 Å². The van der Waals surface area contributed by atoms with Crippen molar-refractivity contribution in [3.63, 3.8) is 0 Å². The summed E-state index contributed by atoms with van der Waals surface area (Å²) in [6, 6.07) is 1.95. The Bertz CT molecular complexity index is 677. The molecule has 1 aliphatic rings. The van der Waals surface area contributed by atoms with E-state index in [0.717, 1.165) is 37.9 Å². The second-order valence-corrected chi connectivity index (χ2v) is 5.20. The summed E-state index contributed by atoms with van der Waals surface area (Å²) in [5, 5.41) is 11.9. The van der Waals surface area contributed by atoms with Gasteiger partial charge in [0.15, 0.2) is 5.75 Å². The predicted molar refractivity (Wildman–Crippen MR) is 79.9 cm³/mol. The number of aryl methyl sites for hydroxylation is 3. The van der Waals surface area contributed by atoms with Gasteiger partial charge in [-0.25, -0.2) is 4.98 Å². The normalized spacial score (nSPS) is 13.8. The lowest BCUT2D eigenvalue weighted by Crippen LogP contribution is -2.16. The zero-order valence-electron chi connectivity index (χ0n) is 12.1. The fourth-order valence-electron chi connectivity index (χ4n) is 2.57. The molecule has 0 aliphatic heterocycles. The average Bonchev–Trinajstić information content (AvgIpc) is 2.94. The third kappa shape index (κ3) is 2.74. The molecule has 6 heteroatoms. The number of nitrogens with one attached hydrogen (secondary N) is 1. The Kier molecular flexibility index (Phi) is 3.60. The third-order valence-corrected chi connectivity index (χ3v) is 3.70. The minimum atomic E-state index is -0.0197. The van der Waals surface area contributed by atoms with Gasteiger partial charge in [-0.05, 0) is 44.2 Å². The number of hydrogen-bond acceptors (Lipinski definition) is 4. The van der Waals surface area contributed by atoms with E-state index in [4.69, 9.17) is 15.9 Å². The first kappa shape index (κ1) is 13.6. The van der Waals surface area contributed by atoms with E-state index in [1.807, 2.05) is 19.2 Å². The second-order valence-electron chi connectivity index (χ2n) is 5.20. The number of aromatic nitrogens is 3. The fourth-order valence-corrected chi connectivity index (χ4v) is 2.57. The van der Waals surface area contributed by atoms with Gasteiger partial charge in [-0.15, -0.1) is 0 Å². The Morgan fingerprint density at radius 2 is 2.24 bits per heavy atom. The van der Waals surface area contributed by atoms with Crippen LogP contribution in [0.15, 0.2) is 18.5 Å². The molecule has 0 aromatic carbocycles. The highest BCUT2D eigenvalue weighted by Gasteiger charge is 2.18. The van der Waals surface area contributed by atoms with E-state index in [-0.39, 0.29) is 5.84 Å². The maximum Gasteiger partial charge on any atom is 0.230 e. The van der Waals surface area contributed by atoms with Gasteiger partial charge >= 0.3 is 0 Å². The molecule has 2 aromatic rings. The second kappa shape index (κ2) is 5.55. The van der Waals surface area contributed by atoms with Gasteiger partial charge in [-0.3, -0.25) is 10.1 Å². The van der Waals surface area contributed by atoms with Crippen molar-refractivity contribution in [1.82, 2.24) is 14.8 Å². The molecule has 2 aromatic heterocycles. The summed E-state index contributed by atoms with van der Waals surface area (Å²) < 4.78 is 7.58. The van der Waals surface area contributed by atoms with Gasteiger partial charge < -0.3 is 10.5 Å². The highest BCUT2D eigenvalue weighted by atomic mass is 16.5. The van der Waals surface area contributed by atoms with Crippen molar-refractivity contribution in [3.05, 3.63) is 35.3 Å². The zero-order valence-corrected chi connectivity index (χ0v) is 12.1. The molecule has 3 rings (SSSR count). The number of amidine groups is 1. The molecule has 0 radical (unpaired) electrons. The molecule has 0 atom stereocenters. The molecule has 21 heavy (non-hydrogen) atoms. The van der Waals surface area contributed by atoms with Crippen LogP contribution in [-0.2, 0) is 19.4 Å². The van der Waals surface area contributed by atoms with Crippen molar-refractivity contribution in [2.45, 2.75) is 39.2 Å². The quantitative estimate of drug-likeness (QED) is 0.666. The van der Waals surface area contributed by atoms with Gasteiger partial charge in [-0.1, -0.05) is 0 Å². The Morgan fingerprint density at radius 1 is 1.43 bits per heavy atom. The highest BCUT2D eigenvalue weighted by molar-refractivity contribution is 5.97. The number of ether oxygens (including phenoxy) is 1. The third-order valence-electron chi connectivity index (χ3n) is 3.70. The van der Waals surface area contributed by atoms with Crippen LogP contribution in [0.4, 0.5) is 0 Å². The summed E-state index contributed by atoms with van der Waals surface area (Å²) >= 11 is 0. The topological polar surface area (TPSA) is 89.8 Å². The molecule has 0 saturated carbocycles. The minimum Gasteiger partial charge on any atom is -0.435 e. The van der Waals surface area contributed by atoms with Crippen LogP contribution in [0.5, 0.6) is 11.6 Å². The number of rotatable bonds is 4. The van der Waals surface area contributed by atoms with E-state index in [0.29, 0.717) is 17.2 Å². The minimum absolute atomic E-state index is 0.0197. The lowest BCUT2D eigenvalue weighted by molar-refractivity contribution is 0.455. The van der Waals surface area contributed by atoms with E-state index < -0.39 is 0 Å². The summed E-state index contributed by atoms with van der Waals surface area (Å²) in [6.07, 6.45) is 7.72. The summed E-state index contributed by atoms with van der Waals surface area (Å²) in [7, 11) is 0. The molecular weight excluding hydrogens is 266 g/mol. The highest BCUT2D eigenvalue weighted by Crippen LogP contribution is 2.28. The van der Waals surface area contributed by atoms with Crippen LogP contribution in [0.1, 0.15) is 36.6 Å². The first-order chi connectivity index (χ1) is 10.2. The van der Waals surface area contributed by atoms with Crippen molar-refractivity contribution < 1.29 is 4.74 Å². The summed E-state index contributed by atoms with van der Waals surface area (Å²) in [5.41, 5.74) is 8.47. The first-order valence-corrected chi connectivity index (χ1v) is 7.25. The molecule has 110 valence electrons. The number of nitrogen functional groups attached to an aromatic ring is 1. The van der Waals surface area contributed by atoms with E-state index in [9.17, 15) is 0 Å².